The lowest BCUT2D eigenvalue weighted by Gasteiger charge is -2.35. The summed E-state index contributed by atoms with van der Waals surface area (Å²) in [5.74, 6) is 3.57. The van der Waals surface area contributed by atoms with Crippen molar-refractivity contribution >= 4 is 40.3 Å². The van der Waals surface area contributed by atoms with Crippen LogP contribution in [-0.2, 0) is 11.2 Å². The van der Waals surface area contributed by atoms with Gasteiger partial charge in [0.2, 0.25) is 17.8 Å². The number of anilines is 4. The SMILES string of the molecule is COc1cc2nc(N3CCN(c4ncc5c(n4)N(C(C)C)C(=O)C5)CC3)nc(N)c2cc1OC. The van der Waals surface area contributed by atoms with E-state index in [1.54, 1.807) is 31.4 Å². The van der Waals surface area contributed by atoms with Crippen molar-refractivity contribution in [2.24, 2.45) is 0 Å². The second-order valence-corrected chi connectivity index (χ2v) is 8.66. The minimum atomic E-state index is 0.0578. The second-order valence-electron chi connectivity index (χ2n) is 8.66. The summed E-state index contributed by atoms with van der Waals surface area (Å²) in [5, 5.41) is 0.718. The fourth-order valence-corrected chi connectivity index (χ4v) is 4.49. The smallest absolute Gasteiger partial charge is 0.233 e. The fourth-order valence-electron chi connectivity index (χ4n) is 4.49. The zero-order valence-electron chi connectivity index (χ0n) is 19.8. The van der Waals surface area contributed by atoms with Gasteiger partial charge in [-0.3, -0.25) is 9.69 Å². The van der Waals surface area contributed by atoms with Crippen LogP contribution in [0, 0.1) is 0 Å². The van der Waals surface area contributed by atoms with Crippen LogP contribution in [-0.4, -0.2) is 72.3 Å². The van der Waals surface area contributed by atoms with Crippen LogP contribution in [0.5, 0.6) is 11.5 Å². The predicted molar refractivity (Wildman–Crippen MR) is 130 cm³/mol. The second kappa shape index (κ2) is 8.47. The van der Waals surface area contributed by atoms with E-state index in [9.17, 15) is 4.79 Å². The number of ether oxygens (including phenoxy) is 2. The van der Waals surface area contributed by atoms with Gasteiger partial charge in [0.05, 0.1) is 26.2 Å². The molecule has 11 heteroatoms. The number of nitrogen functional groups attached to an aromatic ring is 1. The van der Waals surface area contributed by atoms with E-state index < -0.39 is 0 Å². The van der Waals surface area contributed by atoms with Gasteiger partial charge in [-0.2, -0.15) is 9.97 Å². The third-order valence-corrected chi connectivity index (χ3v) is 6.25. The van der Waals surface area contributed by atoms with Crippen molar-refractivity contribution in [2.45, 2.75) is 26.3 Å². The number of rotatable bonds is 5. The first kappa shape index (κ1) is 21.9. The van der Waals surface area contributed by atoms with Gasteiger partial charge in [0.1, 0.15) is 11.6 Å². The van der Waals surface area contributed by atoms with Crippen LogP contribution < -0.4 is 29.9 Å². The summed E-state index contributed by atoms with van der Waals surface area (Å²) in [6.45, 7) is 6.75. The standard InChI is InChI=1S/C23H28N8O3/c1-13(2)31-19(32)9-14-12-25-22(28-21(14)31)29-5-7-30(8-6-29)23-26-16-11-18(34-4)17(33-3)10-15(16)20(24)27-23/h10-13H,5-9H2,1-4H3,(H2,24,26,27). The van der Waals surface area contributed by atoms with Crippen molar-refractivity contribution in [1.29, 1.82) is 0 Å². The molecule has 0 unspecified atom stereocenters. The minimum absolute atomic E-state index is 0.0578. The van der Waals surface area contributed by atoms with Gasteiger partial charge in [0.25, 0.3) is 0 Å². The van der Waals surface area contributed by atoms with E-state index in [0.29, 0.717) is 67.3 Å². The molecule has 2 N–H and O–H groups in total. The number of piperazine rings is 1. The highest BCUT2D eigenvalue weighted by molar-refractivity contribution is 6.00. The fraction of sp³-hybridized carbons (Fsp3) is 0.435. The van der Waals surface area contributed by atoms with Crippen LogP contribution in [0.2, 0.25) is 0 Å². The average Bonchev–Trinajstić information content (AvgIpc) is 3.18. The molecule has 0 saturated carbocycles. The maximum absolute atomic E-state index is 12.4. The first-order valence-corrected chi connectivity index (χ1v) is 11.3. The van der Waals surface area contributed by atoms with Crippen molar-refractivity contribution in [3.63, 3.8) is 0 Å². The number of amides is 1. The number of fused-ring (bicyclic) bond motifs is 2. The maximum Gasteiger partial charge on any atom is 0.233 e. The summed E-state index contributed by atoms with van der Waals surface area (Å²) in [4.78, 5) is 36.9. The highest BCUT2D eigenvalue weighted by Crippen LogP contribution is 2.34. The lowest BCUT2D eigenvalue weighted by molar-refractivity contribution is -0.117. The monoisotopic (exact) mass is 464 g/mol. The molecule has 11 nitrogen and oxygen atoms in total. The third-order valence-electron chi connectivity index (χ3n) is 6.25. The van der Waals surface area contributed by atoms with Gasteiger partial charge < -0.3 is 25.0 Å². The number of carbonyl (C=O) groups excluding carboxylic acids is 1. The van der Waals surface area contributed by atoms with Crippen LogP contribution in [0.25, 0.3) is 10.9 Å². The molecule has 2 aromatic heterocycles. The number of methoxy groups -OCH3 is 2. The number of nitrogens with zero attached hydrogens (tertiary/aromatic N) is 7. The molecule has 1 saturated heterocycles. The van der Waals surface area contributed by atoms with Gasteiger partial charge in [-0.25, -0.2) is 9.97 Å². The summed E-state index contributed by atoms with van der Waals surface area (Å²) in [5.41, 5.74) is 7.84. The van der Waals surface area contributed by atoms with Gasteiger partial charge in [-0.05, 0) is 19.9 Å². The Kier molecular flexibility index (Phi) is 5.46. The van der Waals surface area contributed by atoms with E-state index in [0.717, 1.165) is 16.8 Å². The Morgan fingerprint density at radius 3 is 2.24 bits per heavy atom. The summed E-state index contributed by atoms with van der Waals surface area (Å²) in [6.07, 6.45) is 2.14. The minimum Gasteiger partial charge on any atom is -0.493 e. The zero-order chi connectivity index (χ0) is 24.0. The molecule has 0 spiro atoms. The molecular formula is C23H28N8O3. The largest absolute Gasteiger partial charge is 0.493 e. The number of benzene rings is 1. The Balaban J connectivity index is 1.35. The molecule has 0 radical (unpaired) electrons. The molecule has 3 aromatic rings. The predicted octanol–water partition coefficient (Wildman–Crippen LogP) is 1.64. The molecule has 1 aromatic carbocycles. The molecule has 0 atom stereocenters. The zero-order valence-corrected chi connectivity index (χ0v) is 19.8. The molecule has 34 heavy (non-hydrogen) atoms. The lowest BCUT2D eigenvalue weighted by Crippen LogP contribution is -2.47. The van der Waals surface area contributed by atoms with Gasteiger partial charge in [0.15, 0.2) is 11.5 Å². The topological polar surface area (TPSA) is 123 Å². The van der Waals surface area contributed by atoms with Crippen molar-refractivity contribution in [3.05, 3.63) is 23.9 Å². The highest BCUT2D eigenvalue weighted by Gasteiger charge is 2.32. The van der Waals surface area contributed by atoms with Crippen molar-refractivity contribution in [2.75, 3.05) is 60.8 Å². The molecule has 1 fully saturated rings. The molecule has 2 aliphatic heterocycles. The normalized spacial score (nSPS) is 15.9. The van der Waals surface area contributed by atoms with Crippen LogP contribution in [0.15, 0.2) is 18.3 Å². The Morgan fingerprint density at radius 2 is 1.59 bits per heavy atom. The summed E-state index contributed by atoms with van der Waals surface area (Å²) in [7, 11) is 3.17. The summed E-state index contributed by atoms with van der Waals surface area (Å²) >= 11 is 0. The van der Waals surface area contributed by atoms with E-state index >= 15 is 0 Å². The van der Waals surface area contributed by atoms with Crippen molar-refractivity contribution in [3.8, 4) is 11.5 Å². The molecule has 5 rings (SSSR count). The molecule has 0 bridgehead atoms. The van der Waals surface area contributed by atoms with Gasteiger partial charge in [-0.1, -0.05) is 0 Å². The van der Waals surface area contributed by atoms with Crippen LogP contribution in [0.1, 0.15) is 19.4 Å². The molecule has 2 aliphatic rings. The maximum atomic E-state index is 12.4. The van der Waals surface area contributed by atoms with Crippen LogP contribution in [0.4, 0.5) is 23.5 Å². The van der Waals surface area contributed by atoms with Crippen molar-refractivity contribution in [1.82, 2.24) is 19.9 Å². The third kappa shape index (κ3) is 3.66. The van der Waals surface area contributed by atoms with Gasteiger partial charge in [-0.15, -0.1) is 0 Å². The Labute approximate surface area is 197 Å². The van der Waals surface area contributed by atoms with E-state index in [4.69, 9.17) is 25.2 Å². The number of nitrogens with two attached hydrogens (primary N) is 1. The van der Waals surface area contributed by atoms with Crippen LogP contribution >= 0.6 is 0 Å². The molecule has 4 heterocycles. The quantitative estimate of drug-likeness (QED) is 0.596. The average molecular weight is 465 g/mol. The number of hydrogen-bond donors (Lipinski definition) is 1. The first-order chi connectivity index (χ1) is 16.4. The summed E-state index contributed by atoms with van der Waals surface area (Å²) < 4.78 is 10.8. The first-order valence-electron chi connectivity index (χ1n) is 11.3. The molecule has 0 aliphatic carbocycles. The summed E-state index contributed by atoms with van der Waals surface area (Å²) in [6, 6.07) is 3.66. The lowest BCUT2D eigenvalue weighted by atomic mass is 10.2. The van der Waals surface area contributed by atoms with Crippen LogP contribution in [0.3, 0.4) is 0 Å². The van der Waals surface area contributed by atoms with Gasteiger partial charge >= 0.3 is 0 Å². The van der Waals surface area contributed by atoms with Crippen molar-refractivity contribution < 1.29 is 14.3 Å². The highest BCUT2D eigenvalue weighted by atomic mass is 16.5. The van der Waals surface area contributed by atoms with E-state index in [1.807, 2.05) is 19.9 Å². The van der Waals surface area contributed by atoms with Gasteiger partial charge in [0, 0.05) is 55.4 Å². The van der Waals surface area contributed by atoms with E-state index in [-0.39, 0.29) is 11.9 Å². The number of carbonyl (C=O) groups is 1. The van der Waals surface area contributed by atoms with E-state index in [2.05, 4.69) is 19.8 Å². The Morgan fingerprint density at radius 1 is 0.941 bits per heavy atom. The number of aromatic nitrogens is 4. The Hall–Kier alpha value is -3.89. The number of hydrogen-bond acceptors (Lipinski definition) is 10. The molecular weight excluding hydrogens is 436 g/mol. The Bertz CT molecular complexity index is 1260. The van der Waals surface area contributed by atoms with E-state index in [1.165, 1.54) is 0 Å². The molecule has 1 amide bonds. The molecule has 178 valence electrons.